The molecule has 2 aromatic heterocycles. The highest BCUT2D eigenvalue weighted by Crippen LogP contribution is 2.41. The lowest BCUT2D eigenvalue weighted by molar-refractivity contribution is -0.150. The monoisotopic (exact) mass is 597 g/mol. The molecule has 0 aromatic carbocycles. The van der Waals surface area contributed by atoms with Gasteiger partial charge in [0.05, 0.1) is 0 Å². The number of nitrogens with two attached hydrogens (primary N) is 1. The van der Waals surface area contributed by atoms with E-state index in [2.05, 4.69) is 40.7 Å². The molecule has 1 unspecified atom stereocenters. The quantitative estimate of drug-likeness (QED) is 0.0718. The number of carboxylic acids is 1. The Kier molecular flexibility index (Phi) is 8.97. The van der Waals surface area contributed by atoms with Gasteiger partial charge in [-0.1, -0.05) is 16.9 Å². The molecule has 17 nitrogen and oxygen atoms in total. The van der Waals surface area contributed by atoms with Gasteiger partial charge in [-0.15, -0.1) is 16.9 Å². The van der Waals surface area contributed by atoms with Crippen LogP contribution in [0.4, 0.5) is 5.13 Å². The Balaban J connectivity index is 1.42. The van der Waals surface area contributed by atoms with Crippen LogP contribution in [0, 0.1) is 0 Å². The third-order valence-electron chi connectivity index (χ3n) is 5.38. The topological polar surface area (TPSA) is 233 Å². The van der Waals surface area contributed by atoms with Gasteiger partial charge in [0.1, 0.15) is 24.2 Å². The summed E-state index contributed by atoms with van der Waals surface area (Å²) in [5.41, 5.74) is 5.70. The number of rotatable bonds is 12. The predicted molar refractivity (Wildman–Crippen MR) is 139 cm³/mol. The molecule has 2 aromatic rings. The van der Waals surface area contributed by atoms with Crippen LogP contribution in [0.1, 0.15) is 19.2 Å². The number of hydrogen-bond donors (Lipinski definition) is 4. The van der Waals surface area contributed by atoms with Crippen molar-refractivity contribution in [3.05, 3.63) is 17.1 Å². The number of carbonyl (C=O) groups is 4. The van der Waals surface area contributed by atoms with Crippen molar-refractivity contribution in [3.63, 3.8) is 0 Å². The van der Waals surface area contributed by atoms with E-state index in [4.69, 9.17) is 10.6 Å². The number of carbonyl (C=O) groups excluding carboxylic acids is 3. The standard InChI is InChI=1S/C19H23N11O6S3/c1-8(31)21-4-3-5-29-19(24-27-28-29)38-7-9-6-37-16-11(15(33)30(16)12(9)17(34)35)22-14(32)10(25-36-2)13-23-18(20)39-26-13/h11,16H,3-7H2,1-2H3,(H,21,31)(H,22,32)(H,34,35)(H2,20,23,26)/t11?,16-/m1/s1. The fourth-order valence-electron chi connectivity index (χ4n) is 3.70. The SMILES string of the molecule is CON=C(C(=O)NC1C(=O)N2C(C(=O)O)=C(CSc3nnnn3CCCNC(C)=O)CS[C@H]12)c1nsc(N)n1. The summed E-state index contributed by atoms with van der Waals surface area (Å²) < 4.78 is 5.51. The number of anilines is 1. The van der Waals surface area contributed by atoms with Gasteiger partial charge < -0.3 is 26.3 Å². The Labute approximate surface area is 233 Å². The van der Waals surface area contributed by atoms with Crippen molar-refractivity contribution in [2.45, 2.75) is 36.5 Å². The summed E-state index contributed by atoms with van der Waals surface area (Å²) in [6.45, 7) is 2.36. The van der Waals surface area contributed by atoms with Gasteiger partial charge in [-0.3, -0.25) is 19.3 Å². The van der Waals surface area contributed by atoms with E-state index in [1.807, 2.05) is 0 Å². The van der Waals surface area contributed by atoms with Crippen LogP contribution >= 0.6 is 35.1 Å². The number of tetrazole rings is 1. The second-order valence-corrected chi connectivity index (χ2v) is 10.8. The first-order valence-electron chi connectivity index (χ1n) is 11.3. The van der Waals surface area contributed by atoms with E-state index in [1.54, 1.807) is 4.68 Å². The van der Waals surface area contributed by atoms with E-state index in [9.17, 15) is 24.3 Å². The Hall–Kier alpha value is -3.78. The number of carboxylic acid groups (broad SMARTS) is 1. The Morgan fingerprint density at radius 1 is 1.36 bits per heavy atom. The number of nitrogen functional groups attached to an aromatic ring is 1. The molecular weight excluding hydrogens is 574 g/mol. The molecule has 2 atom stereocenters. The minimum absolute atomic E-state index is 0.0559. The summed E-state index contributed by atoms with van der Waals surface area (Å²) in [6, 6.07) is -0.986. The molecule has 20 heteroatoms. The van der Waals surface area contributed by atoms with E-state index in [0.717, 1.165) is 11.5 Å². The van der Waals surface area contributed by atoms with Gasteiger partial charge in [0.15, 0.2) is 5.13 Å². The predicted octanol–water partition coefficient (Wildman–Crippen LogP) is -1.49. The molecule has 4 rings (SSSR count). The van der Waals surface area contributed by atoms with Crippen LogP contribution in [0.3, 0.4) is 0 Å². The minimum Gasteiger partial charge on any atom is -0.477 e. The summed E-state index contributed by atoms with van der Waals surface area (Å²) in [4.78, 5) is 58.8. The van der Waals surface area contributed by atoms with Crippen molar-refractivity contribution in [2.75, 3.05) is 30.9 Å². The van der Waals surface area contributed by atoms with Crippen molar-refractivity contribution in [2.24, 2.45) is 5.16 Å². The first kappa shape index (κ1) is 28.2. The van der Waals surface area contributed by atoms with E-state index >= 15 is 0 Å². The lowest BCUT2D eigenvalue weighted by atomic mass is 10.0. The summed E-state index contributed by atoms with van der Waals surface area (Å²) >= 11 is 3.42. The van der Waals surface area contributed by atoms with Gasteiger partial charge >= 0.3 is 5.97 Å². The van der Waals surface area contributed by atoms with Crippen LogP contribution in [0.5, 0.6) is 0 Å². The Bertz CT molecular complexity index is 1340. The fraction of sp³-hybridized carbons (Fsp3) is 0.474. The third-order valence-corrected chi connectivity index (χ3v) is 8.31. The van der Waals surface area contributed by atoms with Crippen molar-refractivity contribution in [3.8, 4) is 0 Å². The molecule has 208 valence electrons. The molecule has 1 fully saturated rings. The second-order valence-electron chi connectivity index (χ2n) is 8.01. The Morgan fingerprint density at radius 2 is 2.15 bits per heavy atom. The number of aryl methyl sites for hydroxylation is 1. The molecule has 2 aliphatic rings. The highest BCUT2D eigenvalue weighted by atomic mass is 32.2. The van der Waals surface area contributed by atoms with Crippen LogP contribution in [-0.2, 0) is 30.6 Å². The van der Waals surface area contributed by atoms with Gasteiger partial charge in [-0.05, 0) is 22.4 Å². The zero-order valence-electron chi connectivity index (χ0n) is 20.6. The van der Waals surface area contributed by atoms with Crippen molar-refractivity contribution < 1.29 is 29.1 Å². The van der Waals surface area contributed by atoms with Crippen molar-refractivity contribution in [1.29, 1.82) is 0 Å². The average Bonchev–Trinajstić information content (AvgIpc) is 3.54. The summed E-state index contributed by atoms with van der Waals surface area (Å²) in [6.07, 6.45) is 0.608. The summed E-state index contributed by atoms with van der Waals surface area (Å²) in [7, 11) is 1.24. The molecular formula is C19H23N11O6S3. The summed E-state index contributed by atoms with van der Waals surface area (Å²) in [5, 5.41) is 30.4. The molecule has 0 spiro atoms. The molecule has 5 N–H and O–H groups in total. The summed E-state index contributed by atoms with van der Waals surface area (Å²) in [5.74, 6) is -2.24. The molecule has 2 aliphatic heterocycles. The molecule has 1 saturated heterocycles. The van der Waals surface area contributed by atoms with Gasteiger partial charge in [0.25, 0.3) is 11.8 Å². The van der Waals surface area contributed by atoms with Crippen molar-refractivity contribution >= 4 is 69.6 Å². The van der Waals surface area contributed by atoms with Crippen LogP contribution in [0.25, 0.3) is 0 Å². The maximum atomic E-state index is 13.0. The number of fused-ring (bicyclic) bond motifs is 1. The lowest BCUT2D eigenvalue weighted by Crippen LogP contribution is -2.71. The van der Waals surface area contributed by atoms with E-state index in [0.29, 0.717) is 36.0 Å². The van der Waals surface area contributed by atoms with Gasteiger partial charge in [-0.25, -0.2) is 9.48 Å². The number of β-lactam (4-membered cyclic amide) rings is 1. The van der Waals surface area contributed by atoms with Crippen molar-refractivity contribution in [1.82, 2.24) is 45.1 Å². The smallest absolute Gasteiger partial charge is 0.352 e. The maximum absolute atomic E-state index is 13.0. The van der Waals surface area contributed by atoms with E-state index in [1.165, 1.54) is 42.5 Å². The zero-order chi connectivity index (χ0) is 28.1. The van der Waals surface area contributed by atoms with E-state index < -0.39 is 29.2 Å². The minimum atomic E-state index is -1.26. The highest BCUT2D eigenvalue weighted by molar-refractivity contribution is 8.01. The zero-order valence-corrected chi connectivity index (χ0v) is 23.0. The maximum Gasteiger partial charge on any atom is 0.352 e. The van der Waals surface area contributed by atoms with Gasteiger partial charge in [-0.2, -0.15) is 9.36 Å². The second kappa shape index (κ2) is 12.4. The molecule has 0 saturated carbocycles. The number of oxime groups is 1. The molecule has 39 heavy (non-hydrogen) atoms. The Morgan fingerprint density at radius 3 is 2.82 bits per heavy atom. The highest BCUT2D eigenvalue weighted by Gasteiger charge is 2.54. The number of thioether (sulfide) groups is 2. The van der Waals surface area contributed by atoms with Gasteiger partial charge in [0, 0.05) is 43.1 Å². The van der Waals surface area contributed by atoms with Crippen LogP contribution in [0.15, 0.2) is 21.6 Å². The first-order chi connectivity index (χ1) is 18.7. The molecule has 0 radical (unpaired) electrons. The largest absolute Gasteiger partial charge is 0.477 e. The number of nitrogens with one attached hydrogen (secondary N) is 2. The molecule has 3 amide bonds. The number of aromatic nitrogens is 6. The molecule has 4 heterocycles. The lowest BCUT2D eigenvalue weighted by Gasteiger charge is -2.49. The first-order valence-corrected chi connectivity index (χ1v) is 14.1. The average molecular weight is 598 g/mol. The number of amides is 3. The molecule has 0 aliphatic carbocycles. The van der Waals surface area contributed by atoms with E-state index in [-0.39, 0.29) is 34.0 Å². The van der Waals surface area contributed by atoms with Gasteiger partial charge in [0.2, 0.25) is 22.6 Å². The fourth-order valence-corrected chi connectivity index (χ4v) is 6.52. The normalized spacial score (nSPS) is 18.9. The van der Waals surface area contributed by atoms with Crippen LogP contribution in [-0.4, -0.2) is 106 Å². The third kappa shape index (κ3) is 6.28. The number of nitrogens with zero attached hydrogens (tertiary/aromatic N) is 8. The van der Waals surface area contributed by atoms with Crippen LogP contribution < -0.4 is 16.4 Å². The number of aliphatic carboxylic acids is 1. The molecule has 0 bridgehead atoms. The van der Waals surface area contributed by atoms with Crippen LogP contribution in [0.2, 0.25) is 0 Å². The number of hydrogen-bond acceptors (Lipinski definition) is 15.